The number of aromatic amines is 1. The molecule has 0 aliphatic carbocycles. The van der Waals surface area contributed by atoms with Gasteiger partial charge in [0, 0.05) is 30.4 Å². The van der Waals surface area contributed by atoms with Gasteiger partial charge in [0.25, 0.3) is 12.0 Å². The Bertz CT molecular complexity index is 1050. The lowest BCUT2D eigenvalue weighted by Gasteiger charge is -2.18. The molecule has 0 saturated carbocycles. The summed E-state index contributed by atoms with van der Waals surface area (Å²) in [4.78, 5) is 19.3. The third-order valence-electron chi connectivity index (χ3n) is 4.19. The minimum absolute atomic E-state index is 0.103. The summed E-state index contributed by atoms with van der Waals surface area (Å²) in [7, 11) is 1.73. The van der Waals surface area contributed by atoms with Crippen LogP contribution >= 0.6 is 12.2 Å². The number of alkyl halides is 2. The molecule has 0 radical (unpaired) electrons. The van der Waals surface area contributed by atoms with Crippen molar-refractivity contribution >= 4 is 23.3 Å². The van der Waals surface area contributed by atoms with Crippen molar-refractivity contribution in [2.24, 2.45) is 7.05 Å². The SMILES string of the molecule is CC[C@H](C)n1c(=S)[nH]c(=O)c2c(C(F)F)cc(-c3cnn(C)c3)nc21. The van der Waals surface area contributed by atoms with Gasteiger partial charge in [-0.2, -0.15) is 5.10 Å². The van der Waals surface area contributed by atoms with Gasteiger partial charge in [0.2, 0.25) is 0 Å². The molecule has 0 aromatic carbocycles. The fourth-order valence-electron chi connectivity index (χ4n) is 2.74. The van der Waals surface area contributed by atoms with E-state index in [0.29, 0.717) is 17.7 Å². The highest BCUT2D eigenvalue weighted by molar-refractivity contribution is 7.71. The Morgan fingerprint density at radius 2 is 2.12 bits per heavy atom. The van der Waals surface area contributed by atoms with E-state index in [4.69, 9.17) is 12.2 Å². The number of fused-ring (bicyclic) bond motifs is 1. The van der Waals surface area contributed by atoms with E-state index in [-0.39, 0.29) is 27.4 Å². The summed E-state index contributed by atoms with van der Waals surface area (Å²) < 4.78 is 30.7. The maximum atomic E-state index is 13.7. The van der Waals surface area contributed by atoms with E-state index in [9.17, 15) is 13.6 Å². The molecule has 0 spiro atoms. The second-order valence-corrected chi connectivity index (χ2v) is 6.27. The van der Waals surface area contributed by atoms with Crippen LogP contribution in [-0.2, 0) is 7.05 Å². The summed E-state index contributed by atoms with van der Waals surface area (Å²) in [5, 5.41) is 3.92. The Morgan fingerprint density at radius 1 is 1.40 bits per heavy atom. The van der Waals surface area contributed by atoms with Gasteiger partial charge < -0.3 is 0 Å². The average molecular weight is 365 g/mol. The van der Waals surface area contributed by atoms with Crippen molar-refractivity contribution < 1.29 is 8.78 Å². The summed E-state index contributed by atoms with van der Waals surface area (Å²) in [6, 6.07) is 1.14. The Kier molecular flexibility index (Phi) is 4.51. The molecule has 0 aliphatic rings. The molecule has 132 valence electrons. The van der Waals surface area contributed by atoms with Crippen LogP contribution in [0.2, 0.25) is 0 Å². The minimum Gasteiger partial charge on any atom is -0.300 e. The molecule has 25 heavy (non-hydrogen) atoms. The Hall–Kier alpha value is -2.42. The molecule has 3 rings (SSSR count). The van der Waals surface area contributed by atoms with Crippen molar-refractivity contribution in [1.82, 2.24) is 24.3 Å². The van der Waals surface area contributed by atoms with Gasteiger partial charge in [-0.15, -0.1) is 0 Å². The third-order valence-corrected chi connectivity index (χ3v) is 4.49. The first-order chi connectivity index (χ1) is 11.8. The molecule has 0 bridgehead atoms. The van der Waals surface area contributed by atoms with Gasteiger partial charge in [-0.1, -0.05) is 6.92 Å². The predicted molar refractivity (Wildman–Crippen MR) is 93.3 cm³/mol. The molecule has 3 aromatic rings. The summed E-state index contributed by atoms with van der Waals surface area (Å²) in [6.07, 6.45) is 1.11. The molecule has 6 nitrogen and oxygen atoms in total. The normalized spacial score (nSPS) is 12.9. The molecule has 1 atom stereocenters. The summed E-state index contributed by atoms with van der Waals surface area (Å²) in [5.74, 6) is 0. The number of aromatic nitrogens is 5. The van der Waals surface area contributed by atoms with E-state index in [0.717, 1.165) is 0 Å². The van der Waals surface area contributed by atoms with E-state index in [1.54, 1.807) is 28.7 Å². The zero-order valence-electron chi connectivity index (χ0n) is 14.0. The van der Waals surface area contributed by atoms with Gasteiger partial charge in [-0.05, 0) is 31.6 Å². The molecule has 0 unspecified atom stereocenters. The molecular formula is C16H17F2N5OS. The molecule has 0 saturated heterocycles. The highest BCUT2D eigenvalue weighted by Gasteiger charge is 2.21. The topological polar surface area (TPSA) is 68.5 Å². The lowest BCUT2D eigenvalue weighted by molar-refractivity contribution is 0.153. The third kappa shape index (κ3) is 2.99. The number of pyridine rings is 1. The van der Waals surface area contributed by atoms with Gasteiger partial charge >= 0.3 is 0 Å². The molecule has 0 fully saturated rings. The fourth-order valence-corrected chi connectivity index (χ4v) is 3.10. The van der Waals surface area contributed by atoms with Crippen molar-refractivity contribution in [1.29, 1.82) is 0 Å². The van der Waals surface area contributed by atoms with Crippen LogP contribution < -0.4 is 5.56 Å². The number of rotatable bonds is 4. The smallest absolute Gasteiger partial charge is 0.264 e. The summed E-state index contributed by atoms with van der Waals surface area (Å²) >= 11 is 5.25. The largest absolute Gasteiger partial charge is 0.300 e. The van der Waals surface area contributed by atoms with Crippen LogP contribution in [0.25, 0.3) is 22.3 Å². The van der Waals surface area contributed by atoms with Crippen molar-refractivity contribution in [3.8, 4) is 11.3 Å². The predicted octanol–water partition coefficient (Wildman–Crippen LogP) is 3.76. The van der Waals surface area contributed by atoms with Crippen molar-refractivity contribution in [3.05, 3.63) is 39.1 Å². The molecule has 1 N–H and O–H groups in total. The molecule has 3 heterocycles. The monoisotopic (exact) mass is 365 g/mol. The molecule has 3 aromatic heterocycles. The Balaban J connectivity index is 2.47. The number of aryl methyl sites for hydroxylation is 1. The van der Waals surface area contributed by atoms with Crippen LogP contribution in [0.4, 0.5) is 8.78 Å². The number of nitrogens with zero attached hydrogens (tertiary/aromatic N) is 4. The molecule has 9 heteroatoms. The van der Waals surface area contributed by atoms with Gasteiger partial charge in [-0.25, -0.2) is 13.8 Å². The van der Waals surface area contributed by atoms with Crippen molar-refractivity contribution in [2.45, 2.75) is 32.7 Å². The first kappa shape index (κ1) is 17.4. The first-order valence-electron chi connectivity index (χ1n) is 7.80. The number of halogens is 2. The number of H-pyrrole nitrogens is 1. The van der Waals surface area contributed by atoms with Crippen LogP contribution in [0.1, 0.15) is 38.3 Å². The van der Waals surface area contributed by atoms with Gasteiger partial charge in [0.1, 0.15) is 5.65 Å². The standard InChI is InChI=1S/C16H17F2N5OS/c1-4-8(2)23-14-12(15(24)21-16(23)25)10(13(17)18)5-11(20-14)9-6-19-22(3)7-9/h5-8,13H,4H2,1-3H3,(H,21,24,25)/t8-/m0/s1. The van der Waals surface area contributed by atoms with Crippen LogP contribution in [0.15, 0.2) is 23.3 Å². The lowest BCUT2D eigenvalue weighted by atomic mass is 10.1. The highest BCUT2D eigenvalue weighted by atomic mass is 32.1. The second kappa shape index (κ2) is 6.47. The van der Waals surface area contributed by atoms with Crippen molar-refractivity contribution in [3.63, 3.8) is 0 Å². The average Bonchev–Trinajstić information content (AvgIpc) is 2.99. The van der Waals surface area contributed by atoms with E-state index in [1.807, 2.05) is 13.8 Å². The highest BCUT2D eigenvalue weighted by Crippen LogP contribution is 2.30. The fraction of sp³-hybridized carbons (Fsp3) is 0.375. The van der Waals surface area contributed by atoms with Crippen LogP contribution in [0, 0.1) is 4.77 Å². The van der Waals surface area contributed by atoms with E-state index < -0.39 is 12.0 Å². The maximum absolute atomic E-state index is 13.7. The Morgan fingerprint density at radius 3 is 2.68 bits per heavy atom. The molecule has 0 aliphatic heterocycles. The zero-order valence-corrected chi connectivity index (χ0v) is 14.8. The summed E-state index contributed by atoms with van der Waals surface area (Å²) in [5.41, 5.74) is 0.0677. The van der Waals surface area contributed by atoms with Gasteiger partial charge in [-0.3, -0.25) is 19.0 Å². The molecule has 0 amide bonds. The van der Waals surface area contributed by atoms with Gasteiger partial charge in [0.05, 0.1) is 17.3 Å². The first-order valence-corrected chi connectivity index (χ1v) is 8.21. The van der Waals surface area contributed by atoms with Crippen LogP contribution in [0.5, 0.6) is 0 Å². The zero-order chi connectivity index (χ0) is 18.3. The van der Waals surface area contributed by atoms with Crippen LogP contribution in [-0.4, -0.2) is 24.3 Å². The maximum Gasteiger partial charge on any atom is 0.264 e. The lowest BCUT2D eigenvalue weighted by Crippen LogP contribution is -2.19. The number of nitrogens with one attached hydrogen (secondary N) is 1. The van der Waals surface area contributed by atoms with Crippen LogP contribution in [0.3, 0.4) is 0 Å². The number of hydrogen-bond donors (Lipinski definition) is 1. The molecular weight excluding hydrogens is 348 g/mol. The second-order valence-electron chi connectivity index (χ2n) is 5.89. The summed E-state index contributed by atoms with van der Waals surface area (Å²) in [6.45, 7) is 3.84. The van der Waals surface area contributed by atoms with E-state index in [1.165, 1.54) is 6.07 Å². The van der Waals surface area contributed by atoms with Gasteiger partial charge in [0.15, 0.2) is 4.77 Å². The quantitative estimate of drug-likeness (QED) is 0.715. The van der Waals surface area contributed by atoms with Crippen molar-refractivity contribution in [2.75, 3.05) is 0 Å². The number of hydrogen-bond acceptors (Lipinski definition) is 4. The van der Waals surface area contributed by atoms with E-state index in [2.05, 4.69) is 15.1 Å². The minimum atomic E-state index is -2.82. The van der Waals surface area contributed by atoms with E-state index >= 15 is 0 Å². The Labute approximate surface area is 147 Å².